The zero-order chi connectivity index (χ0) is 12.0. The van der Waals surface area contributed by atoms with Crippen LogP contribution in [0.2, 0.25) is 0 Å². The van der Waals surface area contributed by atoms with Crippen molar-refractivity contribution >= 4 is 0 Å². The molecule has 0 aromatic carbocycles. The molecule has 1 N–H and O–H groups in total. The number of nitriles is 1. The molecule has 1 heterocycles. The zero-order valence-corrected chi connectivity index (χ0v) is 10.9. The molecule has 0 radical (unpaired) electrons. The van der Waals surface area contributed by atoms with Gasteiger partial charge in [-0.1, -0.05) is 20.8 Å². The van der Waals surface area contributed by atoms with Crippen LogP contribution in [0, 0.1) is 17.2 Å². The van der Waals surface area contributed by atoms with Gasteiger partial charge in [0.25, 0.3) is 0 Å². The lowest BCUT2D eigenvalue weighted by Gasteiger charge is -2.35. The highest BCUT2D eigenvalue weighted by Gasteiger charge is 2.24. The van der Waals surface area contributed by atoms with Gasteiger partial charge in [0.15, 0.2) is 0 Å². The van der Waals surface area contributed by atoms with E-state index in [0.717, 1.165) is 32.0 Å². The Balaban J connectivity index is 2.38. The lowest BCUT2D eigenvalue weighted by molar-refractivity contribution is 0.143. The fourth-order valence-electron chi connectivity index (χ4n) is 2.38. The quantitative estimate of drug-likeness (QED) is 0.775. The largest absolute Gasteiger partial charge is 0.314 e. The van der Waals surface area contributed by atoms with Crippen molar-refractivity contribution in [1.29, 1.82) is 5.26 Å². The van der Waals surface area contributed by atoms with Gasteiger partial charge in [-0.05, 0) is 38.3 Å². The molecule has 16 heavy (non-hydrogen) atoms. The maximum absolute atomic E-state index is 9.08. The second kappa shape index (κ2) is 6.88. The van der Waals surface area contributed by atoms with Crippen molar-refractivity contribution in [1.82, 2.24) is 10.2 Å². The first-order valence-electron chi connectivity index (χ1n) is 6.54. The molecule has 0 spiro atoms. The molecule has 3 heteroatoms. The summed E-state index contributed by atoms with van der Waals surface area (Å²) < 4.78 is 0. The van der Waals surface area contributed by atoms with Gasteiger partial charge in [0, 0.05) is 12.6 Å². The highest BCUT2D eigenvalue weighted by molar-refractivity contribution is 4.93. The van der Waals surface area contributed by atoms with Crippen molar-refractivity contribution in [2.45, 2.75) is 52.1 Å². The number of hydrogen-bond acceptors (Lipinski definition) is 3. The Bertz CT molecular complexity index is 232. The minimum absolute atomic E-state index is 0.127. The molecule has 0 aliphatic carbocycles. The van der Waals surface area contributed by atoms with Crippen molar-refractivity contribution in [3.05, 3.63) is 0 Å². The third-order valence-corrected chi connectivity index (χ3v) is 3.34. The summed E-state index contributed by atoms with van der Waals surface area (Å²) in [6, 6.07) is 3.10. The number of likely N-dealkylation sites (tertiary alicyclic amines) is 1. The van der Waals surface area contributed by atoms with Gasteiger partial charge in [-0.25, -0.2) is 0 Å². The molecule has 3 nitrogen and oxygen atoms in total. The van der Waals surface area contributed by atoms with Crippen molar-refractivity contribution in [2.24, 2.45) is 5.92 Å². The summed E-state index contributed by atoms with van der Waals surface area (Å²) in [4.78, 5) is 2.36. The lowest BCUT2D eigenvalue weighted by Crippen LogP contribution is -2.45. The first-order valence-corrected chi connectivity index (χ1v) is 6.54. The molecule has 1 aliphatic heterocycles. The van der Waals surface area contributed by atoms with Crippen LogP contribution in [0.1, 0.15) is 40.0 Å². The average molecular weight is 223 g/mol. The van der Waals surface area contributed by atoms with E-state index in [1.165, 1.54) is 12.8 Å². The number of nitrogens with zero attached hydrogens (tertiary/aromatic N) is 2. The summed E-state index contributed by atoms with van der Waals surface area (Å²) in [7, 11) is 0. The minimum atomic E-state index is 0.127. The van der Waals surface area contributed by atoms with E-state index < -0.39 is 0 Å². The topological polar surface area (TPSA) is 39.1 Å². The number of piperidine rings is 1. The highest BCUT2D eigenvalue weighted by Crippen LogP contribution is 2.19. The van der Waals surface area contributed by atoms with Gasteiger partial charge in [-0.3, -0.25) is 4.90 Å². The Hall–Kier alpha value is -0.590. The molecule has 1 fully saturated rings. The van der Waals surface area contributed by atoms with E-state index in [-0.39, 0.29) is 6.04 Å². The Labute approximate surface area is 99.8 Å². The van der Waals surface area contributed by atoms with E-state index >= 15 is 0 Å². The summed E-state index contributed by atoms with van der Waals surface area (Å²) in [6.45, 7) is 9.76. The molecule has 1 aliphatic rings. The monoisotopic (exact) mass is 223 g/mol. The second-order valence-corrected chi connectivity index (χ2v) is 5.12. The summed E-state index contributed by atoms with van der Waals surface area (Å²) in [5.41, 5.74) is 0. The molecule has 0 amide bonds. The standard InChI is InChI=1S/C13H25N3/c1-4-13(8-14)16-7-5-6-12(10-16)9-15-11(2)3/h11-13,15H,4-7,9-10H2,1-3H3. The smallest absolute Gasteiger partial charge is 0.0975 e. The van der Waals surface area contributed by atoms with Gasteiger partial charge in [0.2, 0.25) is 0 Å². The molecule has 92 valence electrons. The maximum atomic E-state index is 9.08. The van der Waals surface area contributed by atoms with Gasteiger partial charge in [0.05, 0.1) is 12.1 Å². The van der Waals surface area contributed by atoms with Crippen molar-refractivity contribution in [3.63, 3.8) is 0 Å². The Kier molecular flexibility index (Phi) is 5.79. The van der Waals surface area contributed by atoms with E-state index in [1.54, 1.807) is 0 Å². The molecule has 0 aromatic rings. The Morgan fingerprint density at radius 3 is 2.81 bits per heavy atom. The summed E-state index contributed by atoms with van der Waals surface area (Å²) in [5, 5.41) is 12.6. The summed E-state index contributed by atoms with van der Waals surface area (Å²) in [6.07, 6.45) is 3.49. The van der Waals surface area contributed by atoms with Gasteiger partial charge in [0.1, 0.15) is 0 Å². The molecule has 1 rings (SSSR count). The van der Waals surface area contributed by atoms with Gasteiger partial charge in [-0.2, -0.15) is 5.26 Å². The zero-order valence-electron chi connectivity index (χ0n) is 10.9. The van der Waals surface area contributed by atoms with Crippen molar-refractivity contribution < 1.29 is 0 Å². The van der Waals surface area contributed by atoms with Crippen LogP contribution in [-0.2, 0) is 0 Å². The molecule has 0 bridgehead atoms. The Morgan fingerprint density at radius 2 is 2.25 bits per heavy atom. The van der Waals surface area contributed by atoms with Crippen LogP contribution in [0.15, 0.2) is 0 Å². The average Bonchev–Trinajstić information content (AvgIpc) is 2.29. The van der Waals surface area contributed by atoms with Crippen LogP contribution in [0.3, 0.4) is 0 Å². The van der Waals surface area contributed by atoms with Crippen molar-refractivity contribution in [3.8, 4) is 6.07 Å². The molecule has 0 aromatic heterocycles. The number of hydrogen-bond donors (Lipinski definition) is 1. The molecular formula is C13H25N3. The van der Waals surface area contributed by atoms with E-state index in [4.69, 9.17) is 5.26 Å². The predicted octanol–water partition coefficient (Wildman–Crippen LogP) is 2.00. The van der Waals surface area contributed by atoms with E-state index in [2.05, 4.69) is 37.1 Å². The van der Waals surface area contributed by atoms with Gasteiger partial charge >= 0.3 is 0 Å². The number of rotatable bonds is 5. The summed E-state index contributed by atoms with van der Waals surface area (Å²) in [5.74, 6) is 0.721. The maximum Gasteiger partial charge on any atom is 0.0975 e. The van der Waals surface area contributed by atoms with E-state index in [0.29, 0.717) is 6.04 Å². The van der Waals surface area contributed by atoms with E-state index in [1.807, 2.05) is 0 Å². The van der Waals surface area contributed by atoms with Gasteiger partial charge < -0.3 is 5.32 Å². The first-order chi connectivity index (χ1) is 7.67. The Morgan fingerprint density at radius 1 is 1.50 bits per heavy atom. The number of nitrogens with one attached hydrogen (secondary N) is 1. The highest BCUT2D eigenvalue weighted by atomic mass is 15.2. The fraction of sp³-hybridized carbons (Fsp3) is 0.923. The lowest BCUT2D eigenvalue weighted by atomic mass is 9.96. The van der Waals surface area contributed by atoms with Crippen LogP contribution in [-0.4, -0.2) is 36.6 Å². The first kappa shape index (κ1) is 13.5. The fourth-order valence-corrected chi connectivity index (χ4v) is 2.38. The van der Waals surface area contributed by atoms with Crippen molar-refractivity contribution in [2.75, 3.05) is 19.6 Å². The third-order valence-electron chi connectivity index (χ3n) is 3.34. The van der Waals surface area contributed by atoms with E-state index in [9.17, 15) is 0 Å². The van der Waals surface area contributed by atoms with Crippen LogP contribution in [0.25, 0.3) is 0 Å². The van der Waals surface area contributed by atoms with Crippen LogP contribution in [0.4, 0.5) is 0 Å². The summed E-state index contributed by atoms with van der Waals surface area (Å²) >= 11 is 0. The molecule has 2 unspecified atom stereocenters. The molecule has 0 saturated carbocycles. The van der Waals surface area contributed by atoms with Crippen LogP contribution >= 0.6 is 0 Å². The second-order valence-electron chi connectivity index (χ2n) is 5.12. The van der Waals surface area contributed by atoms with Gasteiger partial charge in [-0.15, -0.1) is 0 Å². The normalized spacial score (nSPS) is 24.3. The molecule has 2 atom stereocenters. The molecule has 1 saturated heterocycles. The van der Waals surface area contributed by atoms with Crippen LogP contribution in [0.5, 0.6) is 0 Å². The SMILES string of the molecule is CCC(C#N)N1CCCC(CNC(C)C)C1. The minimum Gasteiger partial charge on any atom is -0.314 e. The van der Waals surface area contributed by atoms with Crippen LogP contribution < -0.4 is 5.32 Å². The third kappa shape index (κ3) is 4.11. The predicted molar refractivity (Wildman–Crippen MR) is 67.1 cm³/mol. The molecular weight excluding hydrogens is 198 g/mol.